The van der Waals surface area contributed by atoms with Gasteiger partial charge in [0.25, 0.3) is 5.91 Å². The summed E-state index contributed by atoms with van der Waals surface area (Å²) in [6.07, 6.45) is 4.21. The van der Waals surface area contributed by atoms with Crippen LogP contribution in [0.5, 0.6) is 0 Å². The second-order valence-corrected chi connectivity index (χ2v) is 5.90. The highest BCUT2D eigenvalue weighted by atomic mass is 16.2. The van der Waals surface area contributed by atoms with Gasteiger partial charge in [0, 0.05) is 42.5 Å². The molecule has 120 valence electrons. The third-order valence-corrected chi connectivity index (χ3v) is 4.27. The minimum Gasteiger partial charge on any atom is -0.334 e. The number of benzene rings is 1. The van der Waals surface area contributed by atoms with Crippen molar-refractivity contribution in [3.05, 3.63) is 65.4 Å². The zero-order valence-corrected chi connectivity index (χ0v) is 13.4. The van der Waals surface area contributed by atoms with Gasteiger partial charge in [-0.25, -0.2) is 9.97 Å². The number of amides is 1. The molecular formula is C18H17N5O. The summed E-state index contributed by atoms with van der Waals surface area (Å²) < 4.78 is 0. The largest absolute Gasteiger partial charge is 0.334 e. The van der Waals surface area contributed by atoms with Crippen LogP contribution in [0.3, 0.4) is 0 Å². The van der Waals surface area contributed by atoms with E-state index in [1.165, 1.54) is 0 Å². The van der Waals surface area contributed by atoms with Crippen molar-refractivity contribution >= 4 is 5.91 Å². The van der Waals surface area contributed by atoms with Crippen molar-refractivity contribution in [1.82, 2.24) is 25.1 Å². The van der Waals surface area contributed by atoms with E-state index in [1.54, 1.807) is 12.4 Å². The lowest BCUT2D eigenvalue weighted by Crippen LogP contribution is -2.36. The van der Waals surface area contributed by atoms with E-state index in [4.69, 9.17) is 0 Å². The number of carbonyl (C=O) groups is 1. The molecule has 1 N–H and O–H groups in total. The first kappa shape index (κ1) is 14.6. The lowest BCUT2D eigenvalue weighted by atomic mass is 10.0. The topological polar surface area (TPSA) is 74.8 Å². The average Bonchev–Trinajstić information content (AvgIpc) is 3.09. The number of nitrogens with zero attached hydrogens (tertiary/aromatic N) is 4. The first-order chi connectivity index (χ1) is 11.7. The van der Waals surface area contributed by atoms with Gasteiger partial charge in [-0.15, -0.1) is 0 Å². The summed E-state index contributed by atoms with van der Waals surface area (Å²) in [5.74, 6) is 0.613. The van der Waals surface area contributed by atoms with Gasteiger partial charge in [-0.3, -0.25) is 9.89 Å². The molecule has 0 unspecified atom stereocenters. The quantitative estimate of drug-likeness (QED) is 0.787. The number of carbonyl (C=O) groups excluding carboxylic acids is 1. The van der Waals surface area contributed by atoms with E-state index in [1.807, 2.05) is 42.2 Å². The number of hydrogen-bond acceptors (Lipinski definition) is 4. The van der Waals surface area contributed by atoms with E-state index in [9.17, 15) is 4.79 Å². The van der Waals surface area contributed by atoms with Gasteiger partial charge in [-0.05, 0) is 6.92 Å². The Bertz CT molecular complexity index is 887. The van der Waals surface area contributed by atoms with Gasteiger partial charge in [-0.2, -0.15) is 5.10 Å². The van der Waals surface area contributed by atoms with Crippen LogP contribution >= 0.6 is 0 Å². The minimum absolute atomic E-state index is 0.0410. The van der Waals surface area contributed by atoms with Gasteiger partial charge in [0.2, 0.25) is 0 Å². The molecule has 6 nitrogen and oxygen atoms in total. The molecule has 3 aromatic rings. The van der Waals surface area contributed by atoms with E-state index in [2.05, 4.69) is 20.2 Å². The fourth-order valence-electron chi connectivity index (χ4n) is 3.01. The normalized spacial score (nSPS) is 13.6. The zero-order chi connectivity index (χ0) is 16.5. The number of aromatic nitrogens is 4. The van der Waals surface area contributed by atoms with Gasteiger partial charge in [0.15, 0.2) is 0 Å². The van der Waals surface area contributed by atoms with Crippen molar-refractivity contribution in [3.8, 4) is 11.3 Å². The molecule has 3 heterocycles. The Morgan fingerprint density at radius 1 is 1.21 bits per heavy atom. The Morgan fingerprint density at radius 3 is 2.88 bits per heavy atom. The molecule has 0 saturated carbocycles. The summed E-state index contributed by atoms with van der Waals surface area (Å²) in [4.78, 5) is 23.6. The van der Waals surface area contributed by atoms with Crippen LogP contribution in [-0.2, 0) is 13.0 Å². The van der Waals surface area contributed by atoms with Crippen molar-refractivity contribution in [1.29, 1.82) is 0 Å². The van der Waals surface area contributed by atoms with Gasteiger partial charge < -0.3 is 4.90 Å². The van der Waals surface area contributed by atoms with Crippen LogP contribution in [0.1, 0.15) is 27.4 Å². The van der Waals surface area contributed by atoms with Gasteiger partial charge in [0.1, 0.15) is 5.82 Å². The van der Waals surface area contributed by atoms with Crippen LogP contribution < -0.4 is 0 Å². The third kappa shape index (κ3) is 2.56. The van der Waals surface area contributed by atoms with Crippen molar-refractivity contribution in [3.63, 3.8) is 0 Å². The number of fused-ring (bicyclic) bond motifs is 1. The van der Waals surface area contributed by atoms with Crippen LogP contribution in [0, 0.1) is 6.92 Å². The van der Waals surface area contributed by atoms with Crippen LogP contribution in [0.2, 0.25) is 0 Å². The lowest BCUT2D eigenvalue weighted by molar-refractivity contribution is 0.0734. The maximum Gasteiger partial charge on any atom is 0.257 e. The summed E-state index contributed by atoms with van der Waals surface area (Å²) in [5.41, 5.74) is 4.34. The molecule has 1 aliphatic heterocycles. The highest BCUT2D eigenvalue weighted by Crippen LogP contribution is 2.24. The maximum absolute atomic E-state index is 13.1. The molecule has 4 rings (SSSR count). The molecule has 1 aromatic carbocycles. The molecule has 0 radical (unpaired) electrons. The van der Waals surface area contributed by atoms with E-state index >= 15 is 0 Å². The van der Waals surface area contributed by atoms with Gasteiger partial charge >= 0.3 is 0 Å². The Labute approximate surface area is 139 Å². The predicted molar refractivity (Wildman–Crippen MR) is 89.2 cm³/mol. The van der Waals surface area contributed by atoms with E-state index in [0.29, 0.717) is 30.2 Å². The summed E-state index contributed by atoms with van der Waals surface area (Å²) in [6, 6.07) is 9.76. The number of nitrogens with one attached hydrogen (secondary N) is 1. The fraction of sp³-hybridized carbons (Fsp3) is 0.222. The Hall–Kier alpha value is -3.02. The molecule has 6 heteroatoms. The fourth-order valence-corrected chi connectivity index (χ4v) is 3.01. The molecule has 2 aromatic heterocycles. The second-order valence-electron chi connectivity index (χ2n) is 5.90. The summed E-state index contributed by atoms with van der Waals surface area (Å²) in [7, 11) is 0. The van der Waals surface area contributed by atoms with Crippen LogP contribution in [0.15, 0.2) is 42.7 Å². The van der Waals surface area contributed by atoms with Crippen molar-refractivity contribution < 1.29 is 4.79 Å². The van der Waals surface area contributed by atoms with Crippen molar-refractivity contribution in [2.75, 3.05) is 6.54 Å². The molecule has 24 heavy (non-hydrogen) atoms. The van der Waals surface area contributed by atoms with E-state index < -0.39 is 0 Å². The first-order valence-corrected chi connectivity index (χ1v) is 7.92. The van der Waals surface area contributed by atoms with Gasteiger partial charge in [-0.1, -0.05) is 30.3 Å². The van der Waals surface area contributed by atoms with Gasteiger partial charge in [0.05, 0.1) is 17.5 Å². The Balaban J connectivity index is 1.71. The minimum atomic E-state index is -0.0410. The molecule has 0 atom stereocenters. The highest BCUT2D eigenvalue weighted by Gasteiger charge is 2.25. The number of aromatic amines is 1. The van der Waals surface area contributed by atoms with E-state index in [0.717, 1.165) is 23.2 Å². The Morgan fingerprint density at radius 2 is 2.04 bits per heavy atom. The number of hydrogen-bond donors (Lipinski definition) is 1. The van der Waals surface area contributed by atoms with Crippen LogP contribution in [0.25, 0.3) is 11.3 Å². The summed E-state index contributed by atoms with van der Waals surface area (Å²) in [5, 5.41) is 7.05. The number of aryl methyl sites for hydroxylation is 1. The molecule has 1 amide bonds. The summed E-state index contributed by atoms with van der Waals surface area (Å²) >= 11 is 0. The molecule has 0 fully saturated rings. The lowest BCUT2D eigenvalue weighted by Gasteiger charge is -2.27. The predicted octanol–water partition coefficient (Wildman–Crippen LogP) is 2.37. The maximum atomic E-state index is 13.1. The molecule has 1 aliphatic rings. The zero-order valence-electron chi connectivity index (χ0n) is 13.4. The summed E-state index contributed by atoms with van der Waals surface area (Å²) in [6.45, 7) is 3.06. The monoisotopic (exact) mass is 319 g/mol. The highest BCUT2D eigenvalue weighted by molar-refractivity contribution is 5.99. The number of rotatable bonds is 2. The molecule has 0 saturated heterocycles. The molecule has 0 spiro atoms. The van der Waals surface area contributed by atoms with Crippen LogP contribution in [0.4, 0.5) is 0 Å². The molecule has 0 bridgehead atoms. The molecular weight excluding hydrogens is 302 g/mol. The SMILES string of the molecule is Cc1ncc(C(=O)N2CCc3[nH]ncc3C2)c(-c2ccccc2)n1. The first-order valence-electron chi connectivity index (χ1n) is 7.92. The Kier molecular flexibility index (Phi) is 3.57. The van der Waals surface area contributed by atoms with Crippen molar-refractivity contribution in [2.24, 2.45) is 0 Å². The number of H-pyrrole nitrogens is 1. The standard InChI is InChI=1S/C18H17N5O/c1-12-19-10-15(17(21-12)13-5-3-2-4-6-13)18(24)23-8-7-16-14(11-23)9-20-22-16/h2-6,9-10H,7-8,11H2,1H3,(H,20,22). The van der Waals surface area contributed by atoms with Crippen LogP contribution in [-0.4, -0.2) is 37.5 Å². The smallest absolute Gasteiger partial charge is 0.257 e. The van der Waals surface area contributed by atoms with Crippen molar-refractivity contribution in [2.45, 2.75) is 19.9 Å². The molecule has 0 aliphatic carbocycles. The average molecular weight is 319 g/mol. The third-order valence-electron chi connectivity index (χ3n) is 4.27. The second kappa shape index (κ2) is 5.88. The van der Waals surface area contributed by atoms with E-state index in [-0.39, 0.29) is 5.91 Å².